The van der Waals surface area contributed by atoms with Crippen LogP contribution in [0.2, 0.25) is 0 Å². The van der Waals surface area contributed by atoms with E-state index < -0.39 is 17.7 Å². The van der Waals surface area contributed by atoms with Gasteiger partial charge in [0.25, 0.3) is 0 Å². The van der Waals surface area contributed by atoms with E-state index in [1.54, 1.807) is 0 Å². The molecule has 0 radical (unpaired) electrons. The van der Waals surface area contributed by atoms with Crippen molar-refractivity contribution < 1.29 is 20.1 Å². The summed E-state index contributed by atoms with van der Waals surface area (Å²) in [7, 11) is 0. The highest BCUT2D eigenvalue weighted by Crippen LogP contribution is 2.51. The molecule has 0 spiro atoms. The van der Waals surface area contributed by atoms with E-state index >= 15 is 0 Å². The minimum atomic E-state index is -0.951. The number of aliphatic hydroxyl groups excluding tert-OH is 1. The Balaban J connectivity index is 1.64. The van der Waals surface area contributed by atoms with Crippen LogP contribution in [0, 0.1) is 35.5 Å². The zero-order valence-electron chi connectivity index (χ0n) is 15.1. The number of hydrogen-bond acceptors (Lipinski definition) is 3. The molecule has 3 aliphatic rings. The Morgan fingerprint density at radius 1 is 1.28 bits per heavy atom. The van der Waals surface area contributed by atoms with E-state index in [9.17, 15) is 15.0 Å². The fraction of sp³-hybridized carbons (Fsp3) is 0.762. The topological polar surface area (TPSA) is 77.8 Å². The molecule has 0 amide bonds. The van der Waals surface area contributed by atoms with E-state index in [-0.39, 0.29) is 18.3 Å². The Bertz CT molecular complexity index is 589. The number of fused-ring (bicyclic) bond motifs is 1. The van der Waals surface area contributed by atoms with E-state index in [4.69, 9.17) is 5.11 Å². The highest BCUT2D eigenvalue weighted by Gasteiger charge is 2.46. The van der Waals surface area contributed by atoms with Crippen LogP contribution in [0.25, 0.3) is 0 Å². The van der Waals surface area contributed by atoms with Crippen LogP contribution in [-0.4, -0.2) is 33.0 Å². The van der Waals surface area contributed by atoms with Crippen LogP contribution in [0.5, 0.6) is 0 Å². The van der Waals surface area contributed by atoms with Gasteiger partial charge in [-0.15, -0.1) is 0 Å². The van der Waals surface area contributed by atoms with Gasteiger partial charge in [0.2, 0.25) is 0 Å². The van der Waals surface area contributed by atoms with Crippen molar-refractivity contribution in [3.63, 3.8) is 0 Å². The first-order chi connectivity index (χ1) is 11.9. The number of allylic oxidation sites excluding steroid dienone is 2. The summed E-state index contributed by atoms with van der Waals surface area (Å²) < 4.78 is 0. The molecule has 3 rings (SSSR count). The van der Waals surface area contributed by atoms with Crippen LogP contribution < -0.4 is 0 Å². The zero-order valence-corrected chi connectivity index (χ0v) is 15.1. The Labute approximate surface area is 150 Å². The monoisotopic (exact) mass is 346 g/mol. The van der Waals surface area contributed by atoms with Crippen molar-refractivity contribution >= 4 is 5.97 Å². The summed E-state index contributed by atoms with van der Waals surface area (Å²) in [6.07, 6.45) is 9.46. The van der Waals surface area contributed by atoms with E-state index in [2.05, 4.69) is 17.9 Å². The number of hydrogen-bond donors (Lipinski definition) is 3. The molecule has 25 heavy (non-hydrogen) atoms. The summed E-state index contributed by atoms with van der Waals surface area (Å²) in [5.74, 6) is 6.57. The second-order valence-electron chi connectivity index (χ2n) is 8.25. The molecule has 0 aliphatic heterocycles. The normalized spacial score (nSPS) is 36.0. The van der Waals surface area contributed by atoms with Gasteiger partial charge in [0, 0.05) is 6.42 Å². The number of aliphatic carboxylic acids is 1. The molecule has 0 aromatic heterocycles. The summed E-state index contributed by atoms with van der Waals surface area (Å²) in [6, 6.07) is 0. The molecule has 0 heterocycles. The molecule has 4 heteroatoms. The van der Waals surface area contributed by atoms with Crippen molar-refractivity contribution in [2.24, 2.45) is 23.7 Å². The van der Waals surface area contributed by atoms with E-state index in [0.717, 1.165) is 32.1 Å². The molecule has 0 aromatic carbocycles. The summed E-state index contributed by atoms with van der Waals surface area (Å²) in [4.78, 5) is 10.6. The minimum absolute atomic E-state index is 0.0664. The minimum Gasteiger partial charge on any atom is -0.481 e. The molecule has 138 valence electrons. The highest BCUT2D eigenvalue weighted by atomic mass is 16.4. The maximum Gasteiger partial charge on any atom is 0.303 e. The maximum atomic E-state index is 10.7. The standard InChI is InChI=1S/C21H30O4/c1-21(25,15-6-2-3-7-15)12-11-17-18-13-14(5-4-8-20(23)24)16(18)9-10-19(17)22/h5,15-19,22,25H,2-4,6-10,13H2,1H3,(H,23,24)/t16-,17-,18+,19-,21?/m0/s1. The molecule has 4 nitrogen and oxygen atoms in total. The predicted octanol–water partition coefficient (Wildman–Crippen LogP) is 3.13. The van der Waals surface area contributed by atoms with E-state index in [0.29, 0.717) is 18.3 Å². The van der Waals surface area contributed by atoms with Gasteiger partial charge in [0.05, 0.1) is 12.0 Å². The quantitative estimate of drug-likeness (QED) is 0.540. The maximum absolute atomic E-state index is 10.7. The Hall–Kier alpha value is -1.31. The molecule has 3 fully saturated rings. The van der Waals surface area contributed by atoms with Crippen molar-refractivity contribution in [2.45, 2.75) is 76.4 Å². The highest BCUT2D eigenvalue weighted by molar-refractivity contribution is 5.66. The van der Waals surface area contributed by atoms with Crippen LogP contribution in [0.4, 0.5) is 0 Å². The SMILES string of the molecule is CC(O)(C#C[C@H]1[C@@H]2CC(=CCCC(=O)O)[C@@H]2CC[C@@H]1O)C1CCCC1. The van der Waals surface area contributed by atoms with Crippen LogP contribution in [0.1, 0.15) is 64.7 Å². The fourth-order valence-electron chi connectivity index (χ4n) is 4.91. The third kappa shape index (κ3) is 4.10. The van der Waals surface area contributed by atoms with Crippen LogP contribution in [-0.2, 0) is 4.79 Å². The predicted molar refractivity (Wildman–Crippen MR) is 95.6 cm³/mol. The molecule has 1 unspecified atom stereocenters. The van der Waals surface area contributed by atoms with E-state index in [1.807, 2.05) is 6.92 Å². The lowest BCUT2D eigenvalue weighted by Gasteiger charge is -2.48. The third-order valence-corrected chi connectivity index (χ3v) is 6.52. The molecule has 3 aliphatic carbocycles. The van der Waals surface area contributed by atoms with Crippen molar-refractivity contribution in [2.75, 3.05) is 0 Å². The number of aliphatic hydroxyl groups is 2. The van der Waals surface area contributed by atoms with Crippen LogP contribution in [0.3, 0.4) is 0 Å². The average Bonchev–Trinajstić information content (AvgIpc) is 3.06. The van der Waals surface area contributed by atoms with Gasteiger partial charge in [-0.2, -0.15) is 0 Å². The molecule has 3 saturated carbocycles. The average molecular weight is 346 g/mol. The number of rotatable bonds is 4. The second kappa shape index (κ2) is 7.51. The number of carboxylic acids is 1. The first kappa shape index (κ1) is 18.5. The molecule has 0 bridgehead atoms. The van der Waals surface area contributed by atoms with Gasteiger partial charge in [-0.1, -0.05) is 36.3 Å². The molecule has 3 N–H and O–H groups in total. The zero-order chi connectivity index (χ0) is 18.0. The van der Waals surface area contributed by atoms with Crippen molar-refractivity contribution in [1.29, 1.82) is 0 Å². The van der Waals surface area contributed by atoms with Crippen LogP contribution >= 0.6 is 0 Å². The van der Waals surface area contributed by atoms with E-state index in [1.165, 1.54) is 18.4 Å². The molecule has 0 saturated heterocycles. The summed E-state index contributed by atoms with van der Waals surface area (Å²) >= 11 is 0. The smallest absolute Gasteiger partial charge is 0.303 e. The molecule has 5 atom stereocenters. The van der Waals surface area contributed by atoms with Crippen molar-refractivity contribution in [1.82, 2.24) is 0 Å². The molecular weight excluding hydrogens is 316 g/mol. The fourth-order valence-corrected chi connectivity index (χ4v) is 4.91. The lowest BCUT2D eigenvalue weighted by Crippen LogP contribution is -2.44. The largest absolute Gasteiger partial charge is 0.481 e. The van der Waals surface area contributed by atoms with Gasteiger partial charge in [-0.05, 0) is 63.2 Å². The number of carboxylic acid groups (broad SMARTS) is 1. The molecule has 0 aromatic rings. The molecular formula is C21H30O4. The van der Waals surface area contributed by atoms with Gasteiger partial charge in [-0.25, -0.2) is 0 Å². The van der Waals surface area contributed by atoms with Gasteiger partial charge in [0.1, 0.15) is 5.60 Å². The van der Waals surface area contributed by atoms with Crippen molar-refractivity contribution in [3.8, 4) is 11.8 Å². The second-order valence-corrected chi connectivity index (χ2v) is 8.25. The Morgan fingerprint density at radius 2 is 2.00 bits per heavy atom. The third-order valence-electron chi connectivity index (χ3n) is 6.52. The van der Waals surface area contributed by atoms with Gasteiger partial charge >= 0.3 is 5.97 Å². The van der Waals surface area contributed by atoms with Crippen LogP contribution in [0.15, 0.2) is 11.6 Å². The van der Waals surface area contributed by atoms with Gasteiger partial charge < -0.3 is 15.3 Å². The summed E-state index contributed by atoms with van der Waals surface area (Å²) in [6.45, 7) is 1.82. The Kier molecular flexibility index (Phi) is 5.55. The lowest BCUT2D eigenvalue weighted by molar-refractivity contribution is -0.136. The van der Waals surface area contributed by atoms with Gasteiger partial charge in [0.15, 0.2) is 0 Å². The Morgan fingerprint density at radius 3 is 2.68 bits per heavy atom. The summed E-state index contributed by atoms with van der Waals surface area (Å²) in [5.41, 5.74) is 0.389. The lowest BCUT2D eigenvalue weighted by atomic mass is 9.57. The van der Waals surface area contributed by atoms with Gasteiger partial charge in [-0.3, -0.25) is 4.79 Å². The first-order valence-corrected chi connectivity index (χ1v) is 9.72. The first-order valence-electron chi connectivity index (χ1n) is 9.72. The number of carbonyl (C=O) groups is 1. The van der Waals surface area contributed by atoms with Crippen molar-refractivity contribution in [3.05, 3.63) is 11.6 Å². The summed E-state index contributed by atoms with van der Waals surface area (Å²) in [5, 5.41) is 29.9.